The Bertz CT molecular complexity index is 1310. The van der Waals surface area contributed by atoms with Crippen molar-refractivity contribution in [1.29, 1.82) is 0 Å². The second-order valence-corrected chi connectivity index (χ2v) is 8.56. The van der Waals surface area contributed by atoms with Crippen molar-refractivity contribution in [2.45, 2.75) is 19.5 Å². The summed E-state index contributed by atoms with van der Waals surface area (Å²) in [4.78, 5) is 33.5. The summed E-state index contributed by atoms with van der Waals surface area (Å²) in [7, 11) is 5.72. The summed E-state index contributed by atoms with van der Waals surface area (Å²) in [5, 5.41) is 0. The number of aromatic amines is 1. The van der Waals surface area contributed by atoms with Crippen molar-refractivity contribution >= 4 is 16.9 Å². The van der Waals surface area contributed by atoms with Gasteiger partial charge in [0.25, 0.3) is 5.91 Å². The first kappa shape index (κ1) is 21.1. The number of carbonyl (C=O) groups excluding carboxylic acids is 1. The molecule has 1 aliphatic rings. The van der Waals surface area contributed by atoms with Crippen molar-refractivity contribution < 1.29 is 9.53 Å². The zero-order valence-electron chi connectivity index (χ0n) is 19.0. The lowest BCUT2D eigenvalue weighted by Crippen LogP contribution is -2.36. The van der Waals surface area contributed by atoms with Crippen LogP contribution in [-0.2, 0) is 19.5 Å². The van der Waals surface area contributed by atoms with Crippen LogP contribution < -0.4 is 4.74 Å². The highest BCUT2D eigenvalue weighted by molar-refractivity contribution is 5.97. The van der Waals surface area contributed by atoms with Crippen molar-refractivity contribution in [3.63, 3.8) is 0 Å². The van der Waals surface area contributed by atoms with Crippen LogP contribution in [0.3, 0.4) is 0 Å². The number of hydrogen-bond donors (Lipinski definition) is 1. The van der Waals surface area contributed by atoms with Crippen LogP contribution in [0.1, 0.15) is 27.3 Å². The maximum absolute atomic E-state index is 13.2. The van der Waals surface area contributed by atoms with Gasteiger partial charge in [0.05, 0.1) is 30.4 Å². The van der Waals surface area contributed by atoms with Gasteiger partial charge in [0.2, 0.25) is 5.88 Å². The van der Waals surface area contributed by atoms with E-state index in [1.54, 1.807) is 12.0 Å². The molecular formula is C25H26N6O2. The minimum absolute atomic E-state index is 0.0641. The minimum Gasteiger partial charge on any atom is -0.481 e. The van der Waals surface area contributed by atoms with Crippen molar-refractivity contribution in [2.24, 2.45) is 0 Å². The topological polar surface area (TPSA) is 87.2 Å². The molecule has 4 heterocycles. The second kappa shape index (κ2) is 8.63. The Kier molecular flexibility index (Phi) is 5.51. The molecular weight excluding hydrogens is 416 g/mol. The molecule has 0 fully saturated rings. The van der Waals surface area contributed by atoms with Gasteiger partial charge in [-0.2, -0.15) is 0 Å². The lowest BCUT2D eigenvalue weighted by molar-refractivity contribution is 0.0725. The Labute approximate surface area is 192 Å². The number of pyridine rings is 1. The highest BCUT2D eigenvalue weighted by atomic mass is 16.5. The van der Waals surface area contributed by atoms with Crippen molar-refractivity contribution in [1.82, 2.24) is 29.7 Å². The van der Waals surface area contributed by atoms with Gasteiger partial charge in [0.1, 0.15) is 12.0 Å². The van der Waals surface area contributed by atoms with E-state index in [-0.39, 0.29) is 5.91 Å². The second-order valence-electron chi connectivity index (χ2n) is 8.56. The molecule has 168 valence electrons. The Morgan fingerprint density at radius 2 is 1.94 bits per heavy atom. The fourth-order valence-electron chi connectivity index (χ4n) is 4.29. The van der Waals surface area contributed by atoms with Gasteiger partial charge in [-0.1, -0.05) is 24.3 Å². The van der Waals surface area contributed by atoms with Gasteiger partial charge in [0, 0.05) is 30.4 Å². The maximum atomic E-state index is 13.2. The summed E-state index contributed by atoms with van der Waals surface area (Å²) in [6, 6.07) is 12.4. The summed E-state index contributed by atoms with van der Waals surface area (Å²) in [5.74, 6) is 0.523. The number of amides is 1. The number of ether oxygens (including phenoxy) is 1. The molecule has 1 aliphatic heterocycles. The number of methoxy groups -OCH3 is 1. The average molecular weight is 443 g/mol. The molecule has 33 heavy (non-hydrogen) atoms. The molecule has 5 rings (SSSR count). The Morgan fingerprint density at radius 3 is 2.70 bits per heavy atom. The SMILES string of the molecule is COc1ncnc2c1CCN(C(=O)c1cc3ncc(-c4ccc(CN(C)C)cc4)cc3[nH]1)C2. The van der Waals surface area contributed by atoms with E-state index in [2.05, 4.69) is 63.2 Å². The van der Waals surface area contributed by atoms with Crippen LogP contribution in [0, 0.1) is 0 Å². The van der Waals surface area contributed by atoms with Crippen LogP contribution in [0.15, 0.2) is 48.9 Å². The van der Waals surface area contributed by atoms with Crippen LogP contribution in [0.4, 0.5) is 0 Å². The Hall–Kier alpha value is -3.78. The van der Waals surface area contributed by atoms with Crippen LogP contribution in [-0.4, -0.2) is 63.4 Å². The van der Waals surface area contributed by atoms with E-state index in [9.17, 15) is 4.79 Å². The number of H-pyrrole nitrogens is 1. The molecule has 0 aliphatic carbocycles. The molecule has 0 saturated heterocycles. The molecule has 0 atom stereocenters. The van der Waals surface area contributed by atoms with Gasteiger partial charge in [-0.3, -0.25) is 9.78 Å². The standard InChI is InChI=1S/C25H26N6O2/c1-30(2)13-16-4-6-17(7-5-16)18-10-21-20(26-12-18)11-22(29-21)25(32)31-9-8-19-23(14-31)27-15-28-24(19)33-3/h4-7,10-12,15,29H,8-9,13-14H2,1-3H3. The van der Waals surface area contributed by atoms with Crippen molar-refractivity contribution in [3.8, 4) is 17.0 Å². The lowest BCUT2D eigenvalue weighted by atomic mass is 10.1. The minimum atomic E-state index is -0.0641. The molecule has 3 aromatic heterocycles. The van der Waals surface area contributed by atoms with Gasteiger partial charge in [0.15, 0.2) is 0 Å². The third-order valence-electron chi connectivity index (χ3n) is 5.93. The fraction of sp³-hybridized carbons (Fsp3) is 0.280. The largest absolute Gasteiger partial charge is 0.481 e. The number of hydrogen-bond acceptors (Lipinski definition) is 6. The zero-order valence-corrected chi connectivity index (χ0v) is 19.0. The maximum Gasteiger partial charge on any atom is 0.270 e. The molecule has 1 amide bonds. The van der Waals surface area contributed by atoms with Gasteiger partial charge >= 0.3 is 0 Å². The van der Waals surface area contributed by atoms with E-state index >= 15 is 0 Å². The number of nitrogens with zero attached hydrogens (tertiary/aromatic N) is 5. The van der Waals surface area contributed by atoms with Gasteiger partial charge in [-0.15, -0.1) is 0 Å². The zero-order chi connectivity index (χ0) is 22.9. The van der Waals surface area contributed by atoms with Gasteiger partial charge in [-0.25, -0.2) is 9.97 Å². The predicted molar refractivity (Wildman–Crippen MR) is 126 cm³/mol. The molecule has 0 spiro atoms. The first-order chi connectivity index (χ1) is 16.0. The van der Waals surface area contributed by atoms with E-state index in [1.165, 1.54) is 11.9 Å². The molecule has 4 aromatic rings. The lowest BCUT2D eigenvalue weighted by Gasteiger charge is -2.28. The highest BCUT2D eigenvalue weighted by Crippen LogP contribution is 2.27. The third kappa shape index (κ3) is 4.17. The molecule has 0 saturated carbocycles. The van der Waals surface area contributed by atoms with Crippen molar-refractivity contribution in [3.05, 3.63) is 71.4 Å². The van der Waals surface area contributed by atoms with Gasteiger partial charge in [-0.05, 0) is 43.8 Å². The number of benzene rings is 1. The fourth-order valence-corrected chi connectivity index (χ4v) is 4.29. The Balaban J connectivity index is 1.37. The number of carbonyl (C=O) groups is 1. The van der Waals surface area contributed by atoms with Crippen LogP contribution >= 0.6 is 0 Å². The number of rotatable bonds is 5. The van der Waals surface area contributed by atoms with E-state index in [1.807, 2.05) is 18.3 Å². The molecule has 0 bridgehead atoms. The molecule has 1 aromatic carbocycles. The van der Waals surface area contributed by atoms with Crippen LogP contribution in [0.2, 0.25) is 0 Å². The number of nitrogens with one attached hydrogen (secondary N) is 1. The molecule has 1 N–H and O–H groups in total. The summed E-state index contributed by atoms with van der Waals surface area (Å²) in [5.41, 5.74) is 7.31. The average Bonchev–Trinajstić information content (AvgIpc) is 3.26. The molecule has 8 heteroatoms. The molecule has 8 nitrogen and oxygen atoms in total. The smallest absolute Gasteiger partial charge is 0.270 e. The summed E-state index contributed by atoms with van der Waals surface area (Å²) in [6.07, 6.45) is 4.00. The normalized spacial score (nSPS) is 13.4. The monoisotopic (exact) mass is 442 g/mol. The van der Waals surface area contributed by atoms with Gasteiger partial charge < -0.3 is 19.5 Å². The summed E-state index contributed by atoms with van der Waals surface area (Å²) >= 11 is 0. The van der Waals surface area contributed by atoms with E-state index in [0.717, 1.165) is 40.0 Å². The highest BCUT2D eigenvalue weighted by Gasteiger charge is 2.26. The van der Waals surface area contributed by atoms with Crippen molar-refractivity contribution in [2.75, 3.05) is 27.7 Å². The van der Waals surface area contributed by atoms with E-state index < -0.39 is 0 Å². The number of aromatic nitrogens is 4. The quantitative estimate of drug-likeness (QED) is 0.510. The van der Waals surface area contributed by atoms with Crippen LogP contribution in [0.25, 0.3) is 22.2 Å². The number of fused-ring (bicyclic) bond motifs is 2. The van der Waals surface area contributed by atoms with E-state index in [4.69, 9.17) is 4.74 Å². The first-order valence-corrected chi connectivity index (χ1v) is 10.9. The molecule has 0 radical (unpaired) electrons. The third-order valence-corrected chi connectivity index (χ3v) is 5.93. The predicted octanol–water partition coefficient (Wildman–Crippen LogP) is 3.29. The Morgan fingerprint density at radius 1 is 1.12 bits per heavy atom. The van der Waals surface area contributed by atoms with E-state index in [0.29, 0.717) is 31.1 Å². The summed E-state index contributed by atoms with van der Waals surface area (Å²) in [6.45, 7) is 1.92. The summed E-state index contributed by atoms with van der Waals surface area (Å²) < 4.78 is 5.33. The molecule has 0 unspecified atom stereocenters. The first-order valence-electron chi connectivity index (χ1n) is 10.9. The van der Waals surface area contributed by atoms with Crippen LogP contribution in [0.5, 0.6) is 5.88 Å².